The first-order chi connectivity index (χ1) is 7.52. The molecule has 0 aromatic carbocycles. The fourth-order valence-corrected chi connectivity index (χ4v) is 2.91. The van der Waals surface area contributed by atoms with Crippen molar-refractivity contribution in [1.29, 1.82) is 0 Å². The van der Waals surface area contributed by atoms with Gasteiger partial charge >= 0.3 is 0 Å². The molecule has 0 atom stereocenters. The summed E-state index contributed by atoms with van der Waals surface area (Å²) >= 11 is 0. The molecule has 1 rings (SSSR count). The molecule has 16 heavy (non-hydrogen) atoms. The smallest absolute Gasteiger partial charge is 0.262 e. The third-order valence-electron chi connectivity index (χ3n) is 2.14. The molecule has 0 saturated heterocycles. The van der Waals surface area contributed by atoms with Crippen molar-refractivity contribution in [2.24, 2.45) is 12.8 Å². The fraction of sp³-hybridized carbons (Fsp3) is 0.667. The molecule has 0 aliphatic carbocycles. The maximum atomic E-state index is 12.1. The lowest BCUT2D eigenvalue weighted by molar-refractivity contribution is 0.416. The van der Waals surface area contributed by atoms with E-state index in [9.17, 15) is 8.42 Å². The second kappa shape index (κ2) is 5.42. The molecule has 92 valence electrons. The zero-order valence-corrected chi connectivity index (χ0v) is 10.4. The maximum absolute atomic E-state index is 12.1. The van der Waals surface area contributed by atoms with E-state index in [-0.39, 0.29) is 5.03 Å². The third kappa shape index (κ3) is 2.81. The van der Waals surface area contributed by atoms with Gasteiger partial charge in [-0.1, -0.05) is 6.92 Å². The Morgan fingerprint density at radius 3 is 2.62 bits per heavy atom. The first-order valence-corrected chi connectivity index (χ1v) is 6.64. The lowest BCUT2D eigenvalue weighted by Crippen LogP contribution is -2.36. The van der Waals surface area contributed by atoms with E-state index in [1.54, 1.807) is 11.6 Å². The van der Waals surface area contributed by atoms with Gasteiger partial charge in [-0.15, -0.1) is 0 Å². The van der Waals surface area contributed by atoms with Gasteiger partial charge in [-0.2, -0.15) is 4.31 Å². The molecule has 0 bridgehead atoms. The van der Waals surface area contributed by atoms with Gasteiger partial charge in [0.15, 0.2) is 5.03 Å². The van der Waals surface area contributed by atoms with E-state index in [0.717, 1.165) is 6.42 Å². The number of hydrogen-bond acceptors (Lipinski definition) is 4. The lowest BCUT2D eigenvalue weighted by Gasteiger charge is -2.19. The van der Waals surface area contributed by atoms with E-state index in [0.29, 0.717) is 19.6 Å². The topological polar surface area (TPSA) is 81.2 Å². The highest BCUT2D eigenvalue weighted by Gasteiger charge is 2.25. The minimum atomic E-state index is -3.48. The maximum Gasteiger partial charge on any atom is 0.262 e. The van der Waals surface area contributed by atoms with E-state index in [2.05, 4.69) is 4.98 Å². The zero-order valence-electron chi connectivity index (χ0n) is 9.63. The summed E-state index contributed by atoms with van der Waals surface area (Å²) in [5, 5.41) is 0.0805. The quantitative estimate of drug-likeness (QED) is 0.752. The van der Waals surface area contributed by atoms with Gasteiger partial charge in [0.1, 0.15) is 0 Å². The second-order valence-electron chi connectivity index (χ2n) is 3.57. The van der Waals surface area contributed by atoms with Crippen LogP contribution in [0.1, 0.15) is 13.3 Å². The van der Waals surface area contributed by atoms with Crippen molar-refractivity contribution in [3.05, 3.63) is 12.5 Å². The number of aryl methyl sites for hydroxylation is 1. The number of nitrogens with zero attached hydrogens (tertiary/aromatic N) is 3. The van der Waals surface area contributed by atoms with Gasteiger partial charge in [-0.05, 0) is 6.42 Å². The van der Waals surface area contributed by atoms with Crippen LogP contribution >= 0.6 is 0 Å². The highest BCUT2D eigenvalue weighted by Crippen LogP contribution is 2.12. The first kappa shape index (κ1) is 13.1. The Morgan fingerprint density at radius 2 is 2.19 bits per heavy atom. The number of rotatable bonds is 6. The molecule has 0 aliphatic heterocycles. The van der Waals surface area contributed by atoms with Gasteiger partial charge in [0.2, 0.25) is 0 Å². The van der Waals surface area contributed by atoms with Crippen LogP contribution < -0.4 is 5.73 Å². The van der Waals surface area contributed by atoms with Crippen LogP contribution in [0, 0.1) is 0 Å². The van der Waals surface area contributed by atoms with Gasteiger partial charge in [0, 0.05) is 32.9 Å². The van der Waals surface area contributed by atoms with Crippen LogP contribution in [0.5, 0.6) is 0 Å². The van der Waals surface area contributed by atoms with Crippen molar-refractivity contribution in [1.82, 2.24) is 13.9 Å². The number of imidazole rings is 1. The Labute approximate surface area is 96.1 Å². The standard InChI is InChI=1S/C9H18N4O2S/c1-3-5-13(6-4-10)16(14,15)9-7-12(2)8-11-9/h7-8H,3-6,10H2,1-2H3. The SMILES string of the molecule is CCCN(CCN)S(=O)(=O)c1cn(C)cn1. The first-order valence-electron chi connectivity index (χ1n) is 5.20. The molecule has 0 amide bonds. The van der Waals surface area contributed by atoms with Crippen molar-refractivity contribution in [2.45, 2.75) is 18.4 Å². The van der Waals surface area contributed by atoms with Crippen LogP contribution in [0.2, 0.25) is 0 Å². The van der Waals surface area contributed by atoms with Crippen LogP contribution in [-0.2, 0) is 17.1 Å². The van der Waals surface area contributed by atoms with Gasteiger partial charge in [-0.3, -0.25) is 0 Å². The third-order valence-corrected chi connectivity index (χ3v) is 3.92. The molecule has 7 heteroatoms. The fourth-order valence-electron chi connectivity index (χ4n) is 1.40. The van der Waals surface area contributed by atoms with Crippen LogP contribution in [0.4, 0.5) is 0 Å². The molecule has 1 aromatic rings. The summed E-state index contributed by atoms with van der Waals surface area (Å²) in [5.41, 5.74) is 5.41. The van der Waals surface area contributed by atoms with Crippen LogP contribution in [0.15, 0.2) is 17.6 Å². The van der Waals surface area contributed by atoms with E-state index >= 15 is 0 Å². The number of nitrogens with two attached hydrogens (primary N) is 1. The molecule has 0 unspecified atom stereocenters. The summed E-state index contributed by atoms with van der Waals surface area (Å²) in [6, 6.07) is 0. The largest absolute Gasteiger partial charge is 0.339 e. The molecule has 6 nitrogen and oxygen atoms in total. The summed E-state index contributed by atoms with van der Waals surface area (Å²) in [6.07, 6.45) is 3.72. The minimum absolute atomic E-state index is 0.0805. The Hall–Kier alpha value is -0.920. The normalized spacial score (nSPS) is 12.2. The zero-order chi connectivity index (χ0) is 12.2. The van der Waals surface area contributed by atoms with Crippen molar-refractivity contribution in [2.75, 3.05) is 19.6 Å². The molecule has 2 N–H and O–H groups in total. The van der Waals surface area contributed by atoms with E-state index in [4.69, 9.17) is 5.73 Å². The molecule has 0 aliphatic rings. The summed E-state index contributed by atoms with van der Waals surface area (Å²) in [7, 11) is -1.75. The molecule has 0 spiro atoms. The summed E-state index contributed by atoms with van der Waals surface area (Å²) in [5.74, 6) is 0. The summed E-state index contributed by atoms with van der Waals surface area (Å²) in [6.45, 7) is 3.03. The van der Waals surface area contributed by atoms with Crippen molar-refractivity contribution in [3.63, 3.8) is 0 Å². The van der Waals surface area contributed by atoms with E-state index in [1.165, 1.54) is 16.8 Å². The molecule has 1 aromatic heterocycles. The number of hydrogen-bond donors (Lipinski definition) is 1. The Bertz CT molecular complexity index is 420. The second-order valence-corrected chi connectivity index (χ2v) is 5.45. The average molecular weight is 246 g/mol. The van der Waals surface area contributed by atoms with Crippen LogP contribution in [0.25, 0.3) is 0 Å². The monoisotopic (exact) mass is 246 g/mol. The predicted molar refractivity (Wildman–Crippen MR) is 61.3 cm³/mol. The van der Waals surface area contributed by atoms with Crippen LogP contribution in [0.3, 0.4) is 0 Å². The Balaban J connectivity index is 2.97. The molecule has 0 radical (unpaired) electrons. The lowest BCUT2D eigenvalue weighted by atomic mass is 10.5. The van der Waals surface area contributed by atoms with Crippen molar-refractivity contribution < 1.29 is 8.42 Å². The van der Waals surface area contributed by atoms with E-state index in [1.807, 2.05) is 6.92 Å². The minimum Gasteiger partial charge on any atom is -0.339 e. The Morgan fingerprint density at radius 1 is 1.50 bits per heavy atom. The van der Waals surface area contributed by atoms with E-state index < -0.39 is 10.0 Å². The predicted octanol–water partition coefficient (Wildman–Crippen LogP) is -0.220. The molecule has 0 fully saturated rings. The summed E-state index contributed by atoms with van der Waals surface area (Å²) in [4.78, 5) is 3.87. The molecule has 0 saturated carbocycles. The molecular formula is C9H18N4O2S. The Kier molecular flexibility index (Phi) is 4.45. The average Bonchev–Trinajstić information content (AvgIpc) is 2.65. The van der Waals surface area contributed by atoms with Gasteiger partial charge in [-0.25, -0.2) is 13.4 Å². The number of sulfonamides is 1. The summed E-state index contributed by atoms with van der Waals surface area (Å²) < 4.78 is 27.2. The molecular weight excluding hydrogens is 228 g/mol. The van der Waals surface area contributed by atoms with Crippen molar-refractivity contribution >= 4 is 10.0 Å². The van der Waals surface area contributed by atoms with Crippen molar-refractivity contribution in [3.8, 4) is 0 Å². The van der Waals surface area contributed by atoms with Crippen LogP contribution in [-0.4, -0.2) is 41.9 Å². The highest BCUT2D eigenvalue weighted by molar-refractivity contribution is 7.89. The highest BCUT2D eigenvalue weighted by atomic mass is 32.2. The van der Waals surface area contributed by atoms with Gasteiger partial charge in [0.05, 0.1) is 6.33 Å². The molecule has 1 heterocycles. The number of aromatic nitrogens is 2. The van der Waals surface area contributed by atoms with Gasteiger partial charge < -0.3 is 10.3 Å². The van der Waals surface area contributed by atoms with Gasteiger partial charge in [0.25, 0.3) is 10.0 Å².